The molecule has 0 bridgehead atoms. The summed E-state index contributed by atoms with van der Waals surface area (Å²) >= 11 is 0. The van der Waals surface area contributed by atoms with Gasteiger partial charge in [0, 0.05) is 0 Å². The summed E-state index contributed by atoms with van der Waals surface area (Å²) < 4.78 is 5.54. The smallest absolute Gasteiger partial charge is 0.122 e. The van der Waals surface area contributed by atoms with E-state index in [1.165, 1.54) is 12.0 Å². The quantitative estimate of drug-likeness (QED) is 0.609. The highest BCUT2D eigenvalue weighted by atomic mass is 16.5. The second-order valence-corrected chi connectivity index (χ2v) is 3.94. The Kier molecular flexibility index (Phi) is 4.51. The molecule has 0 fully saturated rings. The minimum absolute atomic E-state index is 0.671. The summed E-state index contributed by atoms with van der Waals surface area (Å²) in [7, 11) is 0. The molecule has 1 aromatic carbocycles. The van der Waals surface area contributed by atoms with Crippen molar-refractivity contribution < 1.29 is 4.74 Å². The number of para-hydroxylation sites is 1. The Morgan fingerprint density at radius 3 is 2.64 bits per heavy atom. The Labute approximate surface area is 87.1 Å². The maximum Gasteiger partial charge on any atom is 0.122 e. The van der Waals surface area contributed by atoms with E-state index in [1.54, 1.807) is 0 Å². The first-order chi connectivity index (χ1) is 6.77. The molecule has 1 atom stereocenters. The van der Waals surface area contributed by atoms with Gasteiger partial charge in [0.1, 0.15) is 5.75 Å². The van der Waals surface area contributed by atoms with Crippen LogP contribution in [0.2, 0.25) is 0 Å². The van der Waals surface area contributed by atoms with Crippen molar-refractivity contribution in [3.05, 3.63) is 29.8 Å². The van der Waals surface area contributed by atoms with Gasteiger partial charge in [0.15, 0.2) is 0 Å². The van der Waals surface area contributed by atoms with Crippen LogP contribution < -0.4 is 4.74 Å². The standard InChI is InChI=1S/C10H12O.C3H8/c1-8-6-9-4-2-3-5-10(9)11-7-8;1-3-2/h2-5,8H,6-7H2,1H3;3H2,1-2H3. The fraction of sp³-hybridized carbons (Fsp3) is 0.538. The van der Waals surface area contributed by atoms with Crippen molar-refractivity contribution in [2.45, 2.75) is 33.6 Å². The normalized spacial score (nSPS) is 18.6. The van der Waals surface area contributed by atoms with Crippen LogP contribution in [-0.2, 0) is 6.42 Å². The first-order valence-corrected chi connectivity index (χ1v) is 5.48. The van der Waals surface area contributed by atoms with Crippen molar-refractivity contribution in [2.24, 2.45) is 5.92 Å². The summed E-state index contributed by atoms with van der Waals surface area (Å²) in [6.45, 7) is 7.34. The lowest BCUT2D eigenvalue weighted by Gasteiger charge is -2.21. The maximum atomic E-state index is 5.54. The molecule has 1 unspecified atom stereocenters. The molecule has 2 rings (SSSR count). The van der Waals surface area contributed by atoms with Crippen LogP contribution in [0.25, 0.3) is 0 Å². The van der Waals surface area contributed by atoms with Gasteiger partial charge in [0.25, 0.3) is 0 Å². The third-order valence-corrected chi connectivity index (χ3v) is 2.06. The number of ether oxygens (including phenoxy) is 1. The summed E-state index contributed by atoms with van der Waals surface area (Å²) in [6, 6.07) is 8.28. The van der Waals surface area contributed by atoms with Crippen LogP contribution in [0, 0.1) is 5.92 Å². The van der Waals surface area contributed by atoms with Gasteiger partial charge in [-0.2, -0.15) is 0 Å². The molecule has 0 aromatic heterocycles. The molecule has 0 saturated carbocycles. The predicted molar refractivity (Wildman–Crippen MR) is 60.8 cm³/mol. The monoisotopic (exact) mass is 192 g/mol. The topological polar surface area (TPSA) is 9.23 Å². The molecular weight excluding hydrogens is 172 g/mol. The van der Waals surface area contributed by atoms with Gasteiger partial charge >= 0.3 is 0 Å². The van der Waals surface area contributed by atoms with Gasteiger partial charge in [-0.15, -0.1) is 0 Å². The molecule has 0 saturated heterocycles. The van der Waals surface area contributed by atoms with Crippen molar-refractivity contribution in [3.8, 4) is 5.75 Å². The maximum absolute atomic E-state index is 5.54. The molecule has 0 amide bonds. The van der Waals surface area contributed by atoms with Crippen molar-refractivity contribution in [1.29, 1.82) is 0 Å². The van der Waals surface area contributed by atoms with Crippen molar-refractivity contribution in [2.75, 3.05) is 6.61 Å². The van der Waals surface area contributed by atoms with E-state index in [0.717, 1.165) is 18.8 Å². The van der Waals surface area contributed by atoms with Crippen LogP contribution in [0.15, 0.2) is 24.3 Å². The van der Waals surface area contributed by atoms with Crippen LogP contribution in [0.5, 0.6) is 5.75 Å². The Morgan fingerprint density at radius 2 is 1.93 bits per heavy atom. The summed E-state index contributed by atoms with van der Waals surface area (Å²) in [4.78, 5) is 0. The van der Waals surface area contributed by atoms with Gasteiger partial charge in [-0.1, -0.05) is 45.4 Å². The first-order valence-electron chi connectivity index (χ1n) is 5.48. The molecule has 78 valence electrons. The Hall–Kier alpha value is -0.980. The van der Waals surface area contributed by atoms with Crippen LogP contribution in [-0.4, -0.2) is 6.61 Å². The Bertz CT molecular complexity index is 268. The molecule has 14 heavy (non-hydrogen) atoms. The summed E-state index contributed by atoms with van der Waals surface area (Å²) in [5, 5.41) is 0. The number of hydrogen-bond donors (Lipinski definition) is 0. The highest BCUT2D eigenvalue weighted by Crippen LogP contribution is 2.25. The van der Waals surface area contributed by atoms with Gasteiger partial charge in [-0.3, -0.25) is 0 Å². The fourth-order valence-corrected chi connectivity index (χ4v) is 1.48. The van der Waals surface area contributed by atoms with Crippen molar-refractivity contribution in [1.82, 2.24) is 0 Å². The lowest BCUT2D eigenvalue weighted by molar-refractivity contribution is 0.234. The molecule has 1 aromatic rings. The van der Waals surface area contributed by atoms with Crippen LogP contribution in [0.1, 0.15) is 32.8 Å². The average molecular weight is 192 g/mol. The van der Waals surface area contributed by atoms with Crippen molar-refractivity contribution >= 4 is 0 Å². The summed E-state index contributed by atoms with van der Waals surface area (Å²) in [5.41, 5.74) is 1.35. The van der Waals surface area contributed by atoms with E-state index < -0.39 is 0 Å². The SMILES string of the molecule is CC1COc2ccccc2C1.CCC. The van der Waals surface area contributed by atoms with Gasteiger partial charge in [-0.25, -0.2) is 0 Å². The zero-order valence-electron chi connectivity index (χ0n) is 9.42. The number of benzene rings is 1. The second-order valence-electron chi connectivity index (χ2n) is 3.94. The molecular formula is C13H20O. The second kappa shape index (κ2) is 5.69. The lowest BCUT2D eigenvalue weighted by atomic mass is 9.99. The van der Waals surface area contributed by atoms with Crippen LogP contribution in [0.3, 0.4) is 0 Å². The van der Waals surface area contributed by atoms with Crippen LogP contribution in [0.4, 0.5) is 0 Å². The molecule has 1 heterocycles. The Morgan fingerprint density at radius 1 is 1.29 bits per heavy atom. The average Bonchev–Trinajstić information content (AvgIpc) is 2.19. The Balaban J connectivity index is 0.000000293. The highest BCUT2D eigenvalue weighted by molar-refractivity contribution is 5.34. The van der Waals surface area contributed by atoms with E-state index in [0.29, 0.717) is 5.92 Å². The number of fused-ring (bicyclic) bond motifs is 1. The van der Waals surface area contributed by atoms with Gasteiger partial charge in [0.05, 0.1) is 6.61 Å². The van der Waals surface area contributed by atoms with Crippen LogP contribution >= 0.6 is 0 Å². The van der Waals surface area contributed by atoms with E-state index >= 15 is 0 Å². The molecule has 0 radical (unpaired) electrons. The fourth-order valence-electron chi connectivity index (χ4n) is 1.48. The minimum atomic E-state index is 0.671. The number of rotatable bonds is 0. The van der Waals surface area contributed by atoms with Crippen molar-refractivity contribution in [3.63, 3.8) is 0 Å². The summed E-state index contributed by atoms with van der Waals surface area (Å²) in [6.07, 6.45) is 2.41. The molecule has 0 N–H and O–H groups in total. The predicted octanol–water partition coefficient (Wildman–Crippen LogP) is 3.67. The molecule has 1 aliphatic rings. The minimum Gasteiger partial charge on any atom is -0.493 e. The van der Waals surface area contributed by atoms with E-state index in [4.69, 9.17) is 4.74 Å². The van der Waals surface area contributed by atoms with E-state index in [1.807, 2.05) is 12.1 Å². The lowest BCUT2D eigenvalue weighted by Crippen LogP contribution is -2.17. The molecule has 0 spiro atoms. The molecule has 1 heteroatoms. The molecule has 0 aliphatic carbocycles. The van der Waals surface area contributed by atoms with E-state index in [2.05, 4.69) is 32.9 Å². The third-order valence-electron chi connectivity index (χ3n) is 2.06. The van der Waals surface area contributed by atoms with Gasteiger partial charge in [0.2, 0.25) is 0 Å². The third kappa shape index (κ3) is 3.06. The number of hydrogen-bond acceptors (Lipinski definition) is 1. The highest BCUT2D eigenvalue weighted by Gasteiger charge is 2.14. The van der Waals surface area contributed by atoms with E-state index in [9.17, 15) is 0 Å². The molecule has 1 nitrogen and oxygen atoms in total. The first kappa shape index (κ1) is 11.1. The largest absolute Gasteiger partial charge is 0.493 e. The van der Waals surface area contributed by atoms with E-state index in [-0.39, 0.29) is 0 Å². The van der Waals surface area contributed by atoms with Gasteiger partial charge < -0.3 is 4.74 Å². The molecule has 1 aliphatic heterocycles. The zero-order valence-corrected chi connectivity index (χ0v) is 9.42. The van der Waals surface area contributed by atoms with Gasteiger partial charge in [-0.05, 0) is 24.0 Å². The summed E-state index contributed by atoms with van der Waals surface area (Å²) in [5.74, 6) is 1.75. The zero-order chi connectivity index (χ0) is 10.4.